The minimum absolute atomic E-state index is 0.0470. The van der Waals surface area contributed by atoms with E-state index in [9.17, 15) is 19.2 Å². The number of ketones is 1. The zero-order valence-corrected chi connectivity index (χ0v) is 11.9. The van der Waals surface area contributed by atoms with Crippen LogP contribution in [0.2, 0.25) is 0 Å². The first-order valence-electron chi connectivity index (χ1n) is 5.81. The normalized spacial score (nSPS) is 18.5. The number of hydrogen-bond acceptors (Lipinski definition) is 6. The first-order chi connectivity index (χ1) is 9.82. The number of carboxylic acid groups (broad SMARTS) is 1. The number of nitrogens with zero attached hydrogens (tertiary/aromatic N) is 2. The molecule has 0 fully saturated rings. The van der Waals surface area contributed by atoms with Gasteiger partial charge in [0.1, 0.15) is 0 Å². The Morgan fingerprint density at radius 2 is 2.10 bits per heavy atom. The topological polar surface area (TPSA) is 116 Å². The van der Waals surface area contributed by atoms with Crippen LogP contribution in [0, 0.1) is 0 Å². The molecule has 1 aromatic rings. The van der Waals surface area contributed by atoms with E-state index >= 15 is 0 Å². The average molecular weight is 309 g/mol. The molecule has 0 aliphatic carbocycles. The molecule has 0 bridgehead atoms. The smallest absolute Gasteiger partial charge is 0.336 e. The number of carbonyl (C=O) groups is 4. The first-order valence-corrected chi connectivity index (χ1v) is 6.69. The molecule has 0 aromatic carbocycles. The van der Waals surface area contributed by atoms with E-state index in [4.69, 9.17) is 5.11 Å². The second-order valence-corrected chi connectivity index (χ2v) is 5.18. The monoisotopic (exact) mass is 309 g/mol. The van der Waals surface area contributed by atoms with Crippen LogP contribution >= 0.6 is 11.3 Å². The van der Waals surface area contributed by atoms with Gasteiger partial charge in [-0.05, 0) is 11.4 Å². The summed E-state index contributed by atoms with van der Waals surface area (Å²) < 4.78 is 0. The summed E-state index contributed by atoms with van der Waals surface area (Å²) in [5.74, 6) is -3.80. The molecule has 21 heavy (non-hydrogen) atoms. The molecule has 2 heterocycles. The third-order valence-corrected chi connectivity index (χ3v) is 3.66. The van der Waals surface area contributed by atoms with E-state index in [0.717, 1.165) is 4.90 Å². The quantitative estimate of drug-likeness (QED) is 0.599. The lowest BCUT2D eigenvalue weighted by atomic mass is 10.1. The van der Waals surface area contributed by atoms with Gasteiger partial charge in [0.25, 0.3) is 11.7 Å². The zero-order valence-electron chi connectivity index (χ0n) is 11.1. The summed E-state index contributed by atoms with van der Waals surface area (Å²) in [6, 6.07) is -0.148. The molecular formula is C12H11N3O5S. The van der Waals surface area contributed by atoms with Crippen molar-refractivity contribution in [1.29, 1.82) is 0 Å². The Bertz CT molecular complexity index is 678. The van der Waals surface area contributed by atoms with Crippen molar-refractivity contribution >= 4 is 46.4 Å². The highest BCUT2D eigenvalue weighted by atomic mass is 32.1. The molecular weight excluding hydrogens is 298 g/mol. The fourth-order valence-electron chi connectivity index (χ4n) is 1.79. The Kier molecular flexibility index (Phi) is 3.85. The lowest BCUT2D eigenvalue weighted by Crippen LogP contribution is -2.50. The highest BCUT2D eigenvalue weighted by Crippen LogP contribution is 2.26. The molecule has 2 rings (SSSR count). The SMILES string of the molecule is CC(=O)Nc1ccsc1C1=NC(C(=O)O)C(=O)C(=O)N1C. The van der Waals surface area contributed by atoms with Crippen molar-refractivity contribution in [3.8, 4) is 0 Å². The van der Waals surface area contributed by atoms with Crippen LogP contribution in [0.3, 0.4) is 0 Å². The van der Waals surface area contributed by atoms with Crippen molar-refractivity contribution in [3.05, 3.63) is 16.3 Å². The minimum atomic E-state index is -1.75. The van der Waals surface area contributed by atoms with Gasteiger partial charge in [0.15, 0.2) is 5.84 Å². The van der Waals surface area contributed by atoms with Crippen molar-refractivity contribution in [1.82, 2.24) is 4.90 Å². The molecule has 2 N–H and O–H groups in total. The number of anilines is 1. The second kappa shape index (κ2) is 5.44. The molecule has 1 unspecified atom stereocenters. The summed E-state index contributed by atoms with van der Waals surface area (Å²) in [5, 5.41) is 13.2. The third kappa shape index (κ3) is 2.68. The van der Waals surface area contributed by atoms with Gasteiger partial charge in [0, 0.05) is 14.0 Å². The molecule has 110 valence electrons. The molecule has 0 saturated heterocycles. The summed E-state index contributed by atoms with van der Waals surface area (Å²) in [6.45, 7) is 1.32. The number of nitrogens with one attached hydrogen (secondary N) is 1. The van der Waals surface area contributed by atoms with Crippen molar-refractivity contribution in [2.45, 2.75) is 13.0 Å². The standard InChI is InChI=1S/C12H11N3O5S/c1-5(16)13-6-3-4-21-9(6)10-14-7(12(19)20)8(17)11(18)15(10)2/h3-4,7H,1-2H3,(H,13,16)(H,19,20). The summed E-state index contributed by atoms with van der Waals surface area (Å²) in [4.78, 5) is 50.8. The average Bonchev–Trinajstić information content (AvgIpc) is 2.83. The molecule has 1 aliphatic rings. The Hall–Kier alpha value is -2.55. The van der Waals surface area contributed by atoms with E-state index in [1.54, 1.807) is 11.4 Å². The van der Waals surface area contributed by atoms with Crippen molar-refractivity contribution in [2.75, 3.05) is 12.4 Å². The molecule has 9 heteroatoms. The molecule has 0 radical (unpaired) electrons. The summed E-state index contributed by atoms with van der Waals surface area (Å²) in [5.41, 5.74) is 0.407. The van der Waals surface area contributed by atoms with E-state index in [1.807, 2.05) is 0 Å². The summed E-state index contributed by atoms with van der Waals surface area (Å²) in [7, 11) is 1.33. The third-order valence-electron chi connectivity index (χ3n) is 2.75. The summed E-state index contributed by atoms with van der Waals surface area (Å²) in [6.07, 6.45) is 0. The Morgan fingerprint density at radius 1 is 1.43 bits per heavy atom. The number of thiophene rings is 1. The number of hydrogen-bond donors (Lipinski definition) is 2. The fraction of sp³-hybridized carbons (Fsp3) is 0.250. The Morgan fingerprint density at radius 3 is 2.67 bits per heavy atom. The maximum absolute atomic E-state index is 11.8. The molecule has 8 nitrogen and oxygen atoms in total. The molecule has 1 aliphatic heterocycles. The van der Waals surface area contributed by atoms with Gasteiger partial charge in [-0.25, -0.2) is 9.79 Å². The van der Waals surface area contributed by atoms with Crippen LogP contribution in [0.4, 0.5) is 5.69 Å². The number of aliphatic carboxylic acids is 1. The van der Waals surface area contributed by atoms with Crippen LogP contribution in [-0.4, -0.2) is 52.5 Å². The van der Waals surface area contributed by atoms with Crippen LogP contribution < -0.4 is 5.32 Å². The predicted molar refractivity (Wildman–Crippen MR) is 74.4 cm³/mol. The maximum Gasteiger partial charge on any atom is 0.336 e. The van der Waals surface area contributed by atoms with Gasteiger partial charge in [-0.15, -0.1) is 11.3 Å². The molecule has 0 saturated carbocycles. The van der Waals surface area contributed by atoms with Gasteiger partial charge < -0.3 is 10.4 Å². The lowest BCUT2D eigenvalue weighted by Gasteiger charge is -2.25. The number of Topliss-reactive ketones (excluding diaryl/α,β-unsaturated/α-hetero) is 1. The maximum atomic E-state index is 11.8. The van der Waals surface area contributed by atoms with Crippen LogP contribution in [0.15, 0.2) is 16.4 Å². The van der Waals surface area contributed by atoms with E-state index < -0.39 is 23.7 Å². The van der Waals surface area contributed by atoms with E-state index in [1.165, 1.54) is 25.3 Å². The van der Waals surface area contributed by atoms with Gasteiger partial charge in [-0.1, -0.05) is 0 Å². The minimum Gasteiger partial charge on any atom is -0.479 e. The Balaban J connectivity index is 2.51. The molecule has 0 spiro atoms. The van der Waals surface area contributed by atoms with Gasteiger partial charge in [-0.3, -0.25) is 19.3 Å². The number of amides is 2. The molecule has 2 amide bonds. The van der Waals surface area contributed by atoms with Crippen LogP contribution in [-0.2, 0) is 19.2 Å². The van der Waals surface area contributed by atoms with Gasteiger partial charge in [-0.2, -0.15) is 0 Å². The summed E-state index contributed by atoms with van der Waals surface area (Å²) >= 11 is 1.18. The van der Waals surface area contributed by atoms with Gasteiger partial charge in [0.05, 0.1) is 10.6 Å². The van der Waals surface area contributed by atoms with Crippen molar-refractivity contribution in [2.24, 2.45) is 4.99 Å². The molecule has 1 atom stereocenters. The van der Waals surface area contributed by atoms with Crippen LogP contribution in [0.25, 0.3) is 0 Å². The number of rotatable bonds is 3. The van der Waals surface area contributed by atoms with Crippen molar-refractivity contribution < 1.29 is 24.3 Å². The highest BCUT2D eigenvalue weighted by Gasteiger charge is 2.40. The van der Waals surface area contributed by atoms with E-state index in [2.05, 4.69) is 10.3 Å². The number of amidine groups is 1. The van der Waals surface area contributed by atoms with Crippen molar-refractivity contribution in [3.63, 3.8) is 0 Å². The highest BCUT2D eigenvalue weighted by molar-refractivity contribution is 7.12. The zero-order chi connectivity index (χ0) is 15.7. The van der Waals surface area contributed by atoms with Crippen LogP contribution in [0.1, 0.15) is 11.8 Å². The number of likely N-dealkylation sites (N-methyl/N-ethyl adjacent to an activating group) is 1. The predicted octanol–water partition coefficient (Wildman–Crippen LogP) is -0.0526. The largest absolute Gasteiger partial charge is 0.479 e. The van der Waals surface area contributed by atoms with E-state index in [-0.39, 0.29) is 11.7 Å². The second-order valence-electron chi connectivity index (χ2n) is 4.27. The fourth-order valence-corrected chi connectivity index (χ4v) is 2.68. The molecule has 1 aromatic heterocycles. The first kappa shape index (κ1) is 14.9. The number of carbonyl (C=O) groups excluding carboxylic acids is 3. The van der Waals surface area contributed by atoms with Gasteiger partial charge in [0.2, 0.25) is 11.9 Å². The van der Waals surface area contributed by atoms with Crippen LogP contribution in [0.5, 0.6) is 0 Å². The number of carboxylic acids is 1. The lowest BCUT2D eigenvalue weighted by molar-refractivity contribution is -0.149. The Labute approximate surface area is 123 Å². The van der Waals surface area contributed by atoms with Gasteiger partial charge >= 0.3 is 5.97 Å². The van der Waals surface area contributed by atoms with E-state index in [0.29, 0.717) is 10.6 Å². The number of aliphatic imine (C=N–C) groups is 1.